The standard InChI is InChI=1S/C23H31N5O3/c1-14(2)16-8-7-9-17(27-22(30)31-23(3,4)5)18-12-15(10-11-24-18)20-19(26-21(16)29)13-25-28(20)6/h10-13,16-17H,1,7-9H2,2-6H3,(H,26,29)(H,27,30)/t16-,17-/m0/s1. The molecule has 2 N–H and O–H groups in total. The third-order valence-corrected chi connectivity index (χ3v) is 5.20. The van der Waals surface area contributed by atoms with E-state index in [1.807, 2.05) is 46.9 Å². The average molecular weight is 426 g/mol. The minimum atomic E-state index is -0.600. The van der Waals surface area contributed by atoms with Gasteiger partial charge in [-0.25, -0.2) is 4.79 Å². The van der Waals surface area contributed by atoms with E-state index >= 15 is 0 Å². The van der Waals surface area contributed by atoms with Gasteiger partial charge in [0.25, 0.3) is 0 Å². The first-order chi connectivity index (χ1) is 14.5. The van der Waals surface area contributed by atoms with Gasteiger partial charge in [-0.2, -0.15) is 5.10 Å². The monoisotopic (exact) mass is 425 g/mol. The number of alkyl carbamates (subject to hydrolysis) is 1. The molecule has 0 radical (unpaired) electrons. The molecule has 1 aliphatic rings. The van der Waals surface area contributed by atoms with E-state index in [1.165, 1.54) is 0 Å². The van der Waals surface area contributed by atoms with E-state index in [0.29, 0.717) is 24.9 Å². The molecule has 8 heteroatoms. The Bertz CT molecular complexity index is 989. The van der Waals surface area contributed by atoms with Crippen molar-refractivity contribution < 1.29 is 14.3 Å². The Morgan fingerprint density at radius 3 is 2.77 bits per heavy atom. The predicted octanol–water partition coefficient (Wildman–Crippen LogP) is 4.36. The van der Waals surface area contributed by atoms with Crippen LogP contribution in [-0.2, 0) is 16.6 Å². The highest BCUT2D eigenvalue weighted by Crippen LogP contribution is 2.32. The average Bonchev–Trinajstić information content (AvgIpc) is 3.01. The summed E-state index contributed by atoms with van der Waals surface area (Å²) in [6, 6.07) is 3.44. The number of hydrogen-bond acceptors (Lipinski definition) is 5. The first kappa shape index (κ1) is 22.5. The summed E-state index contributed by atoms with van der Waals surface area (Å²) in [6.45, 7) is 11.3. The number of rotatable bonds is 2. The smallest absolute Gasteiger partial charge is 0.408 e. The number of nitrogens with zero attached hydrogens (tertiary/aromatic N) is 3. The molecule has 2 aromatic rings. The van der Waals surface area contributed by atoms with Gasteiger partial charge in [-0.15, -0.1) is 0 Å². The van der Waals surface area contributed by atoms with Crippen molar-refractivity contribution >= 4 is 17.7 Å². The Balaban J connectivity index is 2.01. The van der Waals surface area contributed by atoms with E-state index in [9.17, 15) is 9.59 Å². The molecule has 0 fully saturated rings. The number of pyridine rings is 1. The van der Waals surface area contributed by atoms with Crippen LogP contribution in [0.15, 0.2) is 36.7 Å². The van der Waals surface area contributed by atoms with E-state index < -0.39 is 11.7 Å². The Hall–Kier alpha value is -3.16. The molecule has 31 heavy (non-hydrogen) atoms. The molecule has 3 rings (SSSR count). The predicted molar refractivity (Wildman–Crippen MR) is 119 cm³/mol. The van der Waals surface area contributed by atoms with Crippen LogP contribution < -0.4 is 10.6 Å². The summed E-state index contributed by atoms with van der Waals surface area (Å²) in [5.41, 5.74) is 3.19. The SMILES string of the molecule is C=C(C)[C@@H]1CCC[C@H](NC(=O)OC(C)(C)C)c2cc(ccn2)-c2c(cnn2C)NC1=O. The maximum atomic E-state index is 13.0. The van der Waals surface area contributed by atoms with E-state index in [1.54, 1.807) is 17.1 Å². The van der Waals surface area contributed by atoms with Crippen LogP contribution in [0, 0.1) is 5.92 Å². The summed E-state index contributed by atoms with van der Waals surface area (Å²) in [5.74, 6) is -0.436. The molecule has 1 aliphatic heterocycles. The molecule has 0 saturated carbocycles. The van der Waals surface area contributed by atoms with Gasteiger partial charge in [0.2, 0.25) is 5.91 Å². The first-order valence-corrected chi connectivity index (χ1v) is 10.5. The Labute approximate surface area is 183 Å². The zero-order valence-electron chi connectivity index (χ0n) is 18.9. The quantitative estimate of drug-likeness (QED) is 0.697. The van der Waals surface area contributed by atoms with Gasteiger partial charge in [0, 0.05) is 18.8 Å². The number of aromatic nitrogens is 3. The molecule has 8 nitrogen and oxygen atoms in total. The van der Waals surface area contributed by atoms with Gasteiger partial charge in [-0.05, 0) is 59.1 Å². The van der Waals surface area contributed by atoms with Gasteiger partial charge in [-0.3, -0.25) is 14.5 Å². The second kappa shape index (κ2) is 8.91. The minimum Gasteiger partial charge on any atom is -0.444 e. The van der Waals surface area contributed by atoms with Crippen molar-refractivity contribution in [2.75, 3.05) is 5.32 Å². The Morgan fingerprint density at radius 2 is 2.10 bits per heavy atom. The molecule has 2 atom stereocenters. The number of carbonyl (C=O) groups excluding carboxylic acids is 2. The summed E-state index contributed by atoms with van der Waals surface area (Å²) in [7, 11) is 1.82. The summed E-state index contributed by atoms with van der Waals surface area (Å²) in [6.07, 6.45) is 4.79. The molecule has 0 aliphatic carbocycles. The zero-order chi connectivity index (χ0) is 22.8. The van der Waals surface area contributed by atoms with Crippen LogP contribution in [0.3, 0.4) is 0 Å². The fraction of sp³-hybridized carbons (Fsp3) is 0.478. The lowest BCUT2D eigenvalue weighted by molar-refractivity contribution is -0.119. The number of anilines is 1. The third-order valence-electron chi connectivity index (χ3n) is 5.20. The van der Waals surface area contributed by atoms with Crippen molar-refractivity contribution in [3.8, 4) is 11.3 Å². The second-order valence-corrected chi connectivity index (χ2v) is 9.02. The minimum absolute atomic E-state index is 0.103. The summed E-state index contributed by atoms with van der Waals surface area (Å²) < 4.78 is 7.17. The molecule has 0 saturated heterocycles. The number of hydrogen-bond donors (Lipinski definition) is 2. The lowest BCUT2D eigenvalue weighted by Crippen LogP contribution is -2.35. The Kier molecular flexibility index (Phi) is 6.48. The van der Waals surface area contributed by atoms with Crippen molar-refractivity contribution in [1.29, 1.82) is 0 Å². The normalized spacial score (nSPS) is 19.3. The van der Waals surface area contributed by atoms with Gasteiger partial charge in [0.05, 0.1) is 35.2 Å². The number of amides is 2. The molecular weight excluding hydrogens is 394 g/mol. The Morgan fingerprint density at radius 1 is 1.35 bits per heavy atom. The van der Waals surface area contributed by atoms with Gasteiger partial charge in [0.1, 0.15) is 5.60 Å². The highest BCUT2D eigenvalue weighted by Gasteiger charge is 2.26. The van der Waals surface area contributed by atoms with E-state index in [0.717, 1.165) is 22.5 Å². The molecule has 2 aromatic heterocycles. The van der Waals surface area contributed by atoms with Crippen molar-refractivity contribution in [2.24, 2.45) is 13.0 Å². The van der Waals surface area contributed by atoms with Crippen LogP contribution in [0.2, 0.25) is 0 Å². The molecular formula is C23H31N5O3. The summed E-state index contributed by atoms with van der Waals surface area (Å²) in [5, 5.41) is 10.3. The van der Waals surface area contributed by atoms with E-state index in [4.69, 9.17) is 4.74 Å². The van der Waals surface area contributed by atoms with Crippen LogP contribution >= 0.6 is 0 Å². The van der Waals surface area contributed by atoms with Crippen molar-refractivity contribution in [3.63, 3.8) is 0 Å². The highest BCUT2D eigenvalue weighted by molar-refractivity contribution is 5.97. The van der Waals surface area contributed by atoms with Crippen LogP contribution in [0.25, 0.3) is 11.3 Å². The van der Waals surface area contributed by atoms with Gasteiger partial charge in [0.15, 0.2) is 0 Å². The first-order valence-electron chi connectivity index (χ1n) is 10.5. The van der Waals surface area contributed by atoms with Gasteiger partial charge >= 0.3 is 6.09 Å². The lowest BCUT2D eigenvalue weighted by atomic mass is 9.92. The third kappa shape index (κ3) is 5.51. The maximum Gasteiger partial charge on any atom is 0.408 e. The number of carbonyl (C=O) groups is 2. The largest absolute Gasteiger partial charge is 0.444 e. The molecule has 166 valence electrons. The highest BCUT2D eigenvalue weighted by atomic mass is 16.6. The number of aryl methyl sites for hydroxylation is 1. The topological polar surface area (TPSA) is 98.1 Å². The van der Waals surface area contributed by atoms with Crippen LogP contribution in [0.5, 0.6) is 0 Å². The molecule has 0 aromatic carbocycles. The number of ether oxygens (including phenoxy) is 1. The molecule has 0 unspecified atom stereocenters. The fourth-order valence-electron chi connectivity index (χ4n) is 3.75. The molecule has 2 bridgehead atoms. The van der Waals surface area contributed by atoms with E-state index in [-0.39, 0.29) is 17.9 Å². The second-order valence-electron chi connectivity index (χ2n) is 9.02. The zero-order valence-corrected chi connectivity index (χ0v) is 18.9. The fourth-order valence-corrected chi connectivity index (χ4v) is 3.75. The number of nitrogens with one attached hydrogen (secondary N) is 2. The van der Waals surface area contributed by atoms with Crippen LogP contribution in [0.4, 0.5) is 10.5 Å². The summed E-state index contributed by atoms with van der Waals surface area (Å²) >= 11 is 0. The molecule has 0 spiro atoms. The van der Waals surface area contributed by atoms with Gasteiger partial charge in [-0.1, -0.05) is 12.2 Å². The summed E-state index contributed by atoms with van der Waals surface area (Å²) in [4.78, 5) is 30.0. The van der Waals surface area contributed by atoms with Crippen molar-refractivity contribution in [2.45, 2.75) is 58.6 Å². The van der Waals surface area contributed by atoms with Crippen molar-refractivity contribution in [3.05, 3.63) is 42.4 Å². The van der Waals surface area contributed by atoms with Crippen molar-refractivity contribution in [1.82, 2.24) is 20.1 Å². The van der Waals surface area contributed by atoms with E-state index in [2.05, 4.69) is 27.3 Å². The van der Waals surface area contributed by atoms with Gasteiger partial charge < -0.3 is 15.4 Å². The lowest BCUT2D eigenvalue weighted by Gasteiger charge is -2.25. The number of fused-ring (bicyclic) bond motifs is 4. The van der Waals surface area contributed by atoms with Crippen LogP contribution in [0.1, 0.15) is 58.7 Å². The molecule has 2 amide bonds. The molecule has 3 heterocycles. The van der Waals surface area contributed by atoms with Crippen LogP contribution in [-0.4, -0.2) is 32.4 Å². The maximum absolute atomic E-state index is 13.0.